The second-order valence-corrected chi connectivity index (χ2v) is 8.07. The number of hydrogen-bond donors (Lipinski definition) is 1. The Bertz CT molecular complexity index is 1180. The van der Waals surface area contributed by atoms with E-state index in [1.165, 1.54) is 0 Å². The Kier molecular flexibility index (Phi) is 6.58. The molecule has 0 bridgehead atoms. The van der Waals surface area contributed by atoms with Crippen LogP contribution in [-0.2, 0) is 13.1 Å². The third-order valence-electron chi connectivity index (χ3n) is 5.33. The number of fused-ring (bicyclic) bond motifs is 1. The van der Waals surface area contributed by atoms with E-state index in [2.05, 4.69) is 41.1 Å². The van der Waals surface area contributed by atoms with Crippen molar-refractivity contribution in [3.63, 3.8) is 0 Å². The molecule has 2 amide bonds. The number of carbonyl (C=O) groups is 1. The number of benzene rings is 3. The van der Waals surface area contributed by atoms with Crippen LogP contribution in [0.4, 0.5) is 10.5 Å². The molecule has 3 aromatic carbocycles. The molecule has 1 aromatic heterocycles. The maximum atomic E-state index is 13.2. The first-order chi connectivity index (χ1) is 15.1. The number of nitrogens with one attached hydrogen (secondary N) is 1. The van der Waals surface area contributed by atoms with Gasteiger partial charge in [-0.15, -0.1) is 0 Å². The fourth-order valence-electron chi connectivity index (χ4n) is 3.83. The van der Waals surface area contributed by atoms with E-state index in [-0.39, 0.29) is 6.03 Å². The average Bonchev–Trinajstić information content (AvgIpc) is 3.20. The summed E-state index contributed by atoms with van der Waals surface area (Å²) in [6.45, 7) is 4.02. The minimum atomic E-state index is -0.0892. The Hall–Kier alpha value is -3.24. The molecule has 4 rings (SSSR count). The van der Waals surface area contributed by atoms with E-state index in [9.17, 15) is 4.79 Å². The first kappa shape index (κ1) is 21.0. The highest BCUT2D eigenvalue weighted by Gasteiger charge is 2.16. The van der Waals surface area contributed by atoms with Crippen LogP contribution in [0.15, 0.2) is 85.1 Å². The van der Waals surface area contributed by atoms with Crippen LogP contribution in [0.2, 0.25) is 5.02 Å². The number of rotatable bonds is 7. The van der Waals surface area contributed by atoms with Crippen molar-refractivity contribution in [2.24, 2.45) is 0 Å². The van der Waals surface area contributed by atoms with Gasteiger partial charge < -0.3 is 14.8 Å². The molecule has 0 aliphatic heterocycles. The second-order valence-electron chi connectivity index (χ2n) is 7.64. The minimum absolute atomic E-state index is 0.0892. The third kappa shape index (κ3) is 5.09. The number of halogens is 1. The van der Waals surface area contributed by atoms with Crippen molar-refractivity contribution in [3.05, 3.63) is 101 Å². The molecular weight excluding hydrogens is 406 g/mol. The molecule has 0 saturated heterocycles. The van der Waals surface area contributed by atoms with E-state index >= 15 is 0 Å². The fourth-order valence-corrected chi connectivity index (χ4v) is 4.04. The van der Waals surface area contributed by atoms with E-state index in [0.29, 0.717) is 19.6 Å². The van der Waals surface area contributed by atoms with Crippen LogP contribution >= 0.6 is 11.6 Å². The number of urea groups is 1. The molecular formula is C26H26ClN3O. The molecule has 4 nitrogen and oxygen atoms in total. The van der Waals surface area contributed by atoms with Crippen molar-refractivity contribution in [2.75, 3.05) is 11.9 Å². The Morgan fingerprint density at radius 1 is 1.00 bits per heavy atom. The summed E-state index contributed by atoms with van der Waals surface area (Å²) < 4.78 is 2.17. The monoisotopic (exact) mass is 431 g/mol. The summed E-state index contributed by atoms with van der Waals surface area (Å²) in [4.78, 5) is 15.0. The number of aromatic nitrogens is 1. The SMILES string of the molecule is CCCN(Cc1cccn1Cc1cccc(Cl)c1)C(=O)Nc1cccc2ccccc12. The third-order valence-corrected chi connectivity index (χ3v) is 5.57. The molecule has 1 N–H and O–H groups in total. The van der Waals surface area contributed by atoms with Crippen LogP contribution in [-0.4, -0.2) is 22.0 Å². The summed E-state index contributed by atoms with van der Waals surface area (Å²) in [5, 5.41) is 6.00. The normalized spacial score (nSPS) is 10.9. The van der Waals surface area contributed by atoms with Crippen molar-refractivity contribution < 1.29 is 4.79 Å². The molecule has 0 aliphatic rings. The summed E-state index contributed by atoms with van der Waals surface area (Å²) in [6.07, 6.45) is 2.93. The van der Waals surface area contributed by atoms with Gasteiger partial charge in [-0.1, -0.05) is 67.1 Å². The smallest absolute Gasteiger partial charge is 0.322 e. The number of hydrogen-bond acceptors (Lipinski definition) is 1. The van der Waals surface area contributed by atoms with Crippen LogP contribution in [0, 0.1) is 0 Å². The van der Waals surface area contributed by atoms with Crippen LogP contribution in [0.3, 0.4) is 0 Å². The average molecular weight is 432 g/mol. The number of carbonyl (C=O) groups excluding carboxylic acids is 1. The first-order valence-corrected chi connectivity index (χ1v) is 10.9. The maximum Gasteiger partial charge on any atom is 0.322 e. The highest BCUT2D eigenvalue weighted by Crippen LogP contribution is 2.23. The van der Waals surface area contributed by atoms with E-state index in [4.69, 9.17) is 11.6 Å². The Balaban J connectivity index is 1.52. The van der Waals surface area contributed by atoms with Gasteiger partial charge in [-0.3, -0.25) is 0 Å². The van der Waals surface area contributed by atoms with Crippen LogP contribution in [0.5, 0.6) is 0 Å². The lowest BCUT2D eigenvalue weighted by Gasteiger charge is -2.24. The van der Waals surface area contributed by atoms with Gasteiger partial charge in [-0.25, -0.2) is 4.79 Å². The zero-order valence-electron chi connectivity index (χ0n) is 17.6. The number of anilines is 1. The van der Waals surface area contributed by atoms with Crippen LogP contribution in [0.25, 0.3) is 10.8 Å². The Morgan fingerprint density at radius 2 is 1.81 bits per heavy atom. The van der Waals surface area contributed by atoms with Crippen molar-refractivity contribution in [1.29, 1.82) is 0 Å². The van der Waals surface area contributed by atoms with Crippen molar-refractivity contribution in [1.82, 2.24) is 9.47 Å². The number of nitrogens with zero attached hydrogens (tertiary/aromatic N) is 2. The molecule has 31 heavy (non-hydrogen) atoms. The molecule has 0 aliphatic carbocycles. The fraction of sp³-hybridized carbons (Fsp3) is 0.192. The predicted molar refractivity (Wildman–Crippen MR) is 129 cm³/mol. The largest absolute Gasteiger partial charge is 0.345 e. The van der Waals surface area contributed by atoms with Crippen LogP contribution < -0.4 is 5.32 Å². The van der Waals surface area contributed by atoms with Gasteiger partial charge in [0.15, 0.2) is 0 Å². The zero-order valence-corrected chi connectivity index (χ0v) is 18.3. The molecule has 5 heteroatoms. The van der Waals surface area contributed by atoms with Gasteiger partial charge in [0.25, 0.3) is 0 Å². The van der Waals surface area contributed by atoms with Crippen molar-refractivity contribution >= 4 is 34.1 Å². The molecule has 0 unspecified atom stereocenters. The molecule has 4 aromatic rings. The van der Waals surface area contributed by atoms with E-state index in [1.807, 2.05) is 65.7 Å². The lowest BCUT2D eigenvalue weighted by molar-refractivity contribution is 0.208. The van der Waals surface area contributed by atoms with Crippen molar-refractivity contribution in [2.45, 2.75) is 26.4 Å². The van der Waals surface area contributed by atoms with Crippen LogP contribution in [0.1, 0.15) is 24.6 Å². The minimum Gasteiger partial charge on any atom is -0.345 e. The van der Waals surface area contributed by atoms with E-state index in [0.717, 1.165) is 39.2 Å². The molecule has 158 valence electrons. The highest BCUT2D eigenvalue weighted by molar-refractivity contribution is 6.30. The molecule has 0 atom stereocenters. The molecule has 0 saturated carbocycles. The standard InChI is InChI=1S/C26H26ClN3O/c1-2-15-30(26(31)28-25-14-6-10-21-9-3-4-13-24(21)25)19-23-12-7-16-29(23)18-20-8-5-11-22(27)17-20/h3-14,16-17H,2,15,18-19H2,1H3,(H,28,31). The van der Waals surface area contributed by atoms with Gasteiger partial charge in [0.05, 0.1) is 12.2 Å². The summed E-state index contributed by atoms with van der Waals surface area (Å²) in [5.41, 5.74) is 3.05. The highest BCUT2D eigenvalue weighted by atomic mass is 35.5. The summed E-state index contributed by atoms with van der Waals surface area (Å²) in [7, 11) is 0. The van der Waals surface area contributed by atoms with E-state index in [1.54, 1.807) is 0 Å². The Morgan fingerprint density at radius 3 is 2.65 bits per heavy atom. The summed E-state index contributed by atoms with van der Waals surface area (Å²) >= 11 is 6.14. The van der Waals surface area contributed by atoms with Gasteiger partial charge >= 0.3 is 6.03 Å². The van der Waals surface area contributed by atoms with Gasteiger partial charge in [0.2, 0.25) is 0 Å². The first-order valence-electron chi connectivity index (χ1n) is 10.6. The lowest BCUT2D eigenvalue weighted by atomic mass is 10.1. The summed E-state index contributed by atoms with van der Waals surface area (Å²) in [5.74, 6) is 0. The predicted octanol–water partition coefficient (Wildman–Crippen LogP) is 6.79. The van der Waals surface area contributed by atoms with Gasteiger partial charge in [-0.2, -0.15) is 0 Å². The molecule has 0 radical (unpaired) electrons. The Labute approximate surface area is 188 Å². The van der Waals surface area contributed by atoms with Gasteiger partial charge in [0.1, 0.15) is 0 Å². The molecule has 0 fully saturated rings. The topological polar surface area (TPSA) is 37.3 Å². The van der Waals surface area contributed by atoms with Gasteiger partial charge in [0, 0.05) is 35.4 Å². The second kappa shape index (κ2) is 9.71. The molecule has 0 spiro atoms. The maximum absolute atomic E-state index is 13.2. The van der Waals surface area contributed by atoms with E-state index < -0.39 is 0 Å². The zero-order chi connectivity index (χ0) is 21.6. The lowest BCUT2D eigenvalue weighted by Crippen LogP contribution is -2.35. The quantitative estimate of drug-likeness (QED) is 0.343. The molecule has 1 heterocycles. The van der Waals surface area contributed by atoms with Crippen molar-refractivity contribution in [3.8, 4) is 0 Å². The summed E-state index contributed by atoms with van der Waals surface area (Å²) in [6, 6.07) is 25.9. The van der Waals surface area contributed by atoms with Gasteiger partial charge in [-0.05, 0) is 47.7 Å². The number of amides is 2.